The number of rotatable bonds is 4. The lowest BCUT2D eigenvalue weighted by atomic mass is 10.3. The second-order valence-corrected chi connectivity index (χ2v) is 2.68. The smallest absolute Gasteiger partial charge is 0.336 e. The summed E-state index contributed by atoms with van der Waals surface area (Å²) in [4.78, 5) is 20.5. The molecule has 0 aliphatic heterocycles. The number of carbonyl (C=O) groups is 2. The zero-order valence-electron chi connectivity index (χ0n) is 9.86. The summed E-state index contributed by atoms with van der Waals surface area (Å²) in [6, 6.07) is 0. The van der Waals surface area contributed by atoms with Gasteiger partial charge in [-0.25, -0.2) is 9.59 Å². The van der Waals surface area contributed by atoms with Crippen LogP contribution in [0.1, 0.15) is 20.3 Å². The van der Waals surface area contributed by atoms with Crippen molar-refractivity contribution < 1.29 is 24.2 Å². The van der Waals surface area contributed by atoms with Crippen LogP contribution in [0, 0.1) is 0 Å². The normalized spacial score (nSPS) is 9.56. The standard InChI is InChI=1S/C7H12O3.C4H6O2/c1-3-4-10-7(9)6(2)5-8;1-3-4(5)6-2/h5,8H,3-4H2,1-2H3;3H,1H2,2H3. The molecule has 0 amide bonds. The van der Waals surface area contributed by atoms with Crippen LogP contribution in [0.25, 0.3) is 0 Å². The summed E-state index contributed by atoms with van der Waals surface area (Å²) in [7, 11) is 1.31. The Balaban J connectivity index is 0. The summed E-state index contributed by atoms with van der Waals surface area (Å²) < 4.78 is 8.82. The summed E-state index contributed by atoms with van der Waals surface area (Å²) in [6.45, 7) is 6.97. The van der Waals surface area contributed by atoms with Crippen molar-refractivity contribution in [1.29, 1.82) is 0 Å². The molecule has 0 bridgehead atoms. The van der Waals surface area contributed by atoms with Crippen LogP contribution in [0.4, 0.5) is 0 Å². The Kier molecular flexibility index (Phi) is 11.7. The maximum Gasteiger partial charge on any atom is 0.336 e. The molecule has 0 aliphatic carbocycles. The highest BCUT2D eigenvalue weighted by Crippen LogP contribution is 1.94. The van der Waals surface area contributed by atoms with Gasteiger partial charge in [0.1, 0.15) is 0 Å². The van der Waals surface area contributed by atoms with E-state index in [-0.39, 0.29) is 5.57 Å². The number of ether oxygens (including phenoxy) is 2. The first-order chi connectivity index (χ1) is 7.53. The third-order valence-corrected chi connectivity index (χ3v) is 1.32. The molecule has 0 aliphatic rings. The number of carbonyl (C=O) groups excluding carboxylic acids is 2. The minimum atomic E-state index is -0.454. The Morgan fingerprint density at radius 2 is 2.00 bits per heavy atom. The van der Waals surface area contributed by atoms with E-state index in [2.05, 4.69) is 16.1 Å². The molecule has 0 aromatic carbocycles. The fraction of sp³-hybridized carbons (Fsp3) is 0.455. The van der Waals surface area contributed by atoms with Crippen molar-refractivity contribution in [3.63, 3.8) is 0 Å². The molecule has 92 valence electrons. The monoisotopic (exact) mass is 230 g/mol. The van der Waals surface area contributed by atoms with Crippen molar-refractivity contribution in [2.24, 2.45) is 0 Å². The number of aliphatic hydroxyl groups excluding tert-OH is 1. The Labute approximate surface area is 95.4 Å². The zero-order chi connectivity index (χ0) is 13.0. The second-order valence-electron chi connectivity index (χ2n) is 2.68. The van der Waals surface area contributed by atoms with E-state index in [0.29, 0.717) is 6.61 Å². The Hall–Kier alpha value is -1.78. The molecule has 16 heavy (non-hydrogen) atoms. The van der Waals surface area contributed by atoms with Gasteiger partial charge in [-0.1, -0.05) is 13.5 Å². The predicted molar refractivity (Wildman–Crippen MR) is 59.8 cm³/mol. The largest absolute Gasteiger partial charge is 0.515 e. The molecule has 0 saturated heterocycles. The topological polar surface area (TPSA) is 72.8 Å². The molecule has 0 atom stereocenters. The molecule has 1 N–H and O–H groups in total. The first kappa shape index (κ1) is 16.6. The molecule has 0 unspecified atom stereocenters. The minimum Gasteiger partial charge on any atom is -0.515 e. The molecule has 5 heteroatoms. The van der Waals surface area contributed by atoms with E-state index in [0.717, 1.165) is 18.8 Å². The molecule has 0 aromatic heterocycles. The number of esters is 2. The van der Waals surface area contributed by atoms with Crippen LogP contribution in [0.2, 0.25) is 0 Å². The van der Waals surface area contributed by atoms with Gasteiger partial charge in [0.15, 0.2) is 0 Å². The third kappa shape index (κ3) is 10.3. The van der Waals surface area contributed by atoms with Crippen LogP contribution in [0.5, 0.6) is 0 Å². The Morgan fingerprint density at radius 3 is 2.25 bits per heavy atom. The molecule has 0 aromatic rings. The van der Waals surface area contributed by atoms with Gasteiger partial charge in [-0.05, 0) is 13.3 Å². The van der Waals surface area contributed by atoms with E-state index in [1.165, 1.54) is 14.0 Å². The molecule has 0 rings (SSSR count). The van der Waals surface area contributed by atoms with Gasteiger partial charge in [0.2, 0.25) is 0 Å². The van der Waals surface area contributed by atoms with Crippen molar-refractivity contribution in [2.75, 3.05) is 13.7 Å². The van der Waals surface area contributed by atoms with E-state index in [9.17, 15) is 9.59 Å². The van der Waals surface area contributed by atoms with Gasteiger partial charge in [-0.3, -0.25) is 0 Å². The Morgan fingerprint density at radius 1 is 1.44 bits per heavy atom. The minimum absolute atomic E-state index is 0.230. The maximum absolute atomic E-state index is 10.7. The molecule has 5 nitrogen and oxygen atoms in total. The molecule has 0 spiro atoms. The van der Waals surface area contributed by atoms with E-state index < -0.39 is 11.9 Å². The van der Waals surface area contributed by atoms with Gasteiger partial charge in [0, 0.05) is 6.08 Å². The molecule has 0 saturated carbocycles. The summed E-state index contributed by atoms with van der Waals surface area (Å²) in [5, 5.41) is 8.34. The molecule has 0 heterocycles. The average molecular weight is 230 g/mol. The second kappa shape index (κ2) is 11.3. The van der Waals surface area contributed by atoms with Crippen molar-refractivity contribution >= 4 is 11.9 Å². The van der Waals surface area contributed by atoms with E-state index in [1.807, 2.05) is 6.92 Å². The maximum atomic E-state index is 10.7. The average Bonchev–Trinajstić information content (AvgIpc) is 2.34. The van der Waals surface area contributed by atoms with Gasteiger partial charge in [-0.15, -0.1) is 0 Å². The highest BCUT2D eigenvalue weighted by atomic mass is 16.5. The summed E-state index contributed by atoms with van der Waals surface area (Å²) in [5.74, 6) is -0.848. The van der Waals surface area contributed by atoms with E-state index >= 15 is 0 Å². The highest BCUT2D eigenvalue weighted by molar-refractivity contribution is 5.87. The van der Waals surface area contributed by atoms with Crippen molar-refractivity contribution in [3.8, 4) is 0 Å². The quantitative estimate of drug-likeness (QED) is 0.452. The number of hydrogen-bond donors (Lipinski definition) is 1. The summed E-state index contributed by atoms with van der Waals surface area (Å²) >= 11 is 0. The molecule has 0 radical (unpaired) electrons. The van der Waals surface area contributed by atoms with Crippen molar-refractivity contribution in [3.05, 3.63) is 24.5 Å². The van der Waals surface area contributed by atoms with Gasteiger partial charge in [0.05, 0.1) is 25.6 Å². The number of hydrogen-bond acceptors (Lipinski definition) is 5. The van der Waals surface area contributed by atoms with Crippen LogP contribution < -0.4 is 0 Å². The third-order valence-electron chi connectivity index (χ3n) is 1.32. The van der Waals surface area contributed by atoms with Crippen LogP contribution in [-0.2, 0) is 19.1 Å². The number of aliphatic hydroxyl groups is 1. The predicted octanol–water partition coefficient (Wildman–Crippen LogP) is 1.75. The SMILES string of the molecule is C=CC(=O)OC.CCCOC(=O)C(C)=CO. The fourth-order valence-electron chi connectivity index (χ4n) is 0.445. The molecular weight excluding hydrogens is 212 g/mol. The van der Waals surface area contributed by atoms with E-state index in [4.69, 9.17) is 5.11 Å². The first-order valence-electron chi connectivity index (χ1n) is 4.71. The lowest BCUT2D eigenvalue weighted by Crippen LogP contribution is -2.06. The Bertz CT molecular complexity index is 255. The van der Waals surface area contributed by atoms with Crippen LogP contribution in [0.3, 0.4) is 0 Å². The summed E-state index contributed by atoms with van der Waals surface area (Å²) in [5.41, 5.74) is 0.230. The highest BCUT2D eigenvalue weighted by Gasteiger charge is 2.03. The molecule has 0 fully saturated rings. The first-order valence-corrected chi connectivity index (χ1v) is 4.71. The van der Waals surface area contributed by atoms with E-state index in [1.54, 1.807) is 0 Å². The van der Waals surface area contributed by atoms with Crippen LogP contribution >= 0.6 is 0 Å². The lowest BCUT2D eigenvalue weighted by Gasteiger charge is -2.00. The zero-order valence-corrected chi connectivity index (χ0v) is 9.86. The summed E-state index contributed by atoms with van der Waals surface area (Å²) in [6.07, 6.45) is 2.66. The van der Waals surface area contributed by atoms with Crippen LogP contribution in [-0.4, -0.2) is 30.8 Å². The van der Waals surface area contributed by atoms with Gasteiger partial charge < -0.3 is 14.6 Å². The van der Waals surface area contributed by atoms with Gasteiger partial charge in [0.25, 0.3) is 0 Å². The van der Waals surface area contributed by atoms with Gasteiger partial charge in [-0.2, -0.15) is 0 Å². The van der Waals surface area contributed by atoms with Crippen molar-refractivity contribution in [1.82, 2.24) is 0 Å². The van der Waals surface area contributed by atoms with Crippen LogP contribution in [0.15, 0.2) is 24.5 Å². The number of methoxy groups -OCH3 is 1. The lowest BCUT2D eigenvalue weighted by molar-refractivity contribution is -0.139. The van der Waals surface area contributed by atoms with Crippen molar-refractivity contribution in [2.45, 2.75) is 20.3 Å². The fourth-order valence-corrected chi connectivity index (χ4v) is 0.445. The molecular formula is C11H18O5. The van der Waals surface area contributed by atoms with Gasteiger partial charge >= 0.3 is 11.9 Å².